The normalized spacial score (nSPS) is 9.92. The molecule has 0 aliphatic carbocycles. The first kappa shape index (κ1) is 10.0. The lowest BCUT2D eigenvalue weighted by molar-refractivity contribution is -0.385. The number of halogens is 3. The molecule has 0 aromatic heterocycles. The Hall–Kier alpha value is -0.0700. The second kappa shape index (κ2) is 3.76. The van der Waals surface area contributed by atoms with Gasteiger partial charge in [0.15, 0.2) is 0 Å². The maximum atomic E-state index is 10.4. The molecule has 0 saturated heterocycles. The maximum absolute atomic E-state index is 10.4. The van der Waals surface area contributed by atoms with Crippen LogP contribution >= 0.6 is 45.8 Å². The van der Waals surface area contributed by atoms with Crippen molar-refractivity contribution in [1.29, 1.82) is 0 Å². The van der Waals surface area contributed by atoms with E-state index in [0.29, 0.717) is 8.59 Å². The molecule has 6 heteroatoms. The Bertz CT molecular complexity index is 319. The van der Waals surface area contributed by atoms with E-state index in [4.69, 9.17) is 23.2 Å². The predicted octanol–water partition coefficient (Wildman–Crippen LogP) is 3.51. The number of hydrogen-bond donors (Lipinski definition) is 0. The van der Waals surface area contributed by atoms with Gasteiger partial charge < -0.3 is 0 Å². The van der Waals surface area contributed by atoms with Gasteiger partial charge in [-0.3, -0.25) is 10.1 Å². The van der Waals surface area contributed by atoms with Gasteiger partial charge in [0.05, 0.1) is 8.49 Å². The number of hydrogen-bond acceptors (Lipinski definition) is 2. The summed E-state index contributed by atoms with van der Waals surface area (Å²) in [5, 5.41) is 10.9. The highest BCUT2D eigenvalue weighted by Crippen LogP contribution is 2.32. The minimum atomic E-state index is -0.527. The van der Waals surface area contributed by atoms with E-state index in [-0.39, 0.29) is 10.7 Å². The monoisotopic (exact) mass is 317 g/mol. The number of benzene rings is 1. The fourth-order valence-electron chi connectivity index (χ4n) is 0.709. The van der Waals surface area contributed by atoms with E-state index in [0.717, 1.165) is 0 Å². The Kier molecular flexibility index (Phi) is 3.14. The van der Waals surface area contributed by atoms with Gasteiger partial charge in [-0.2, -0.15) is 0 Å². The van der Waals surface area contributed by atoms with Crippen LogP contribution in [0.1, 0.15) is 0 Å². The fraction of sp³-hybridized carbons (Fsp3) is 0. The quantitative estimate of drug-likeness (QED) is 0.452. The average molecular weight is 318 g/mol. The van der Waals surface area contributed by atoms with Crippen molar-refractivity contribution in [2.24, 2.45) is 0 Å². The summed E-state index contributed by atoms with van der Waals surface area (Å²) in [5.74, 6) is 0. The number of rotatable bonds is 1. The molecule has 0 aliphatic rings. The topological polar surface area (TPSA) is 43.1 Å². The number of nitro benzene ring substituents is 1. The van der Waals surface area contributed by atoms with Gasteiger partial charge >= 0.3 is 5.69 Å². The second-order valence-electron chi connectivity index (χ2n) is 1.98. The molecule has 0 saturated carbocycles. The van der Waals surface area contributed by atoms with E-state index in [1.807, 2.05) is 22.6 Å². The minimum Gasteiger partial charge on any atom is -0.258 e. The zero-order chi connectivity index (χ0) is 9.30. The van der Waals surface area contributed by atoms with E-state index < -0.39 is 4.92 Å². The van der Waals surface area contributed by atoms with Crippen molar-refractivity contribution < 1.29 is 4.92 Å². The molecule has 0 spiro atoms. The summed E-state index contributed by atoms with van der Waals surface area (Å²) in [7, 11) is 0. The zero-order valence-corrected chi connectivity index (χ0v) is 9.22. The SMILES string of the molecule is O=[N+]([O-])c1c(Cl)cc(Cl)cc1I. The molecule has 1 aromatic carbocycles. The van der Waals surface area contributed by atoms with Crippen LogP contribution in [0.3, 0.4) is 0 Å². The highest BCUT2D eigenvalue weighted by Gasteiger charge is 2.17. The van der Waals surface area contributed by atoms with Crippen LogP contribution in [0.15, 0.2) is 12.1 Å². The predicted molar refractivity (Wildman–Crippen MR) is 55.8 cm³/mol. The van der Waals surface area contributed by atoms with Crippen LogP contribution in [0.5, 0.6) is 0 Å². The molecule has 1 aromatic rings. The second-order valence-corrected chi connectivity index (χ2v) is 3.98. The lowest BCUT2D eigenvalue weighted by Gasteiger charge is -1.98. The first-order valence-corrected chi connectivity index (χ1v) is 4.65. The van der Waals surface area contributed by atoms with E-state index in [2.05, 4.69) is 0 Å². The van der Waals surface area contributed by atoms with E-state index in [1.165, 1.54) is 12.1 Å². The highest BCUT2D eigenvalue weighted by molar-refractivity contribution is 14.1. The van der Waals surface area contributed by atoms with Gasteiger partial charge in [-0.15, -0.1) is 0 Å². The Balaban J connectivity index is 3.38. The summed E-state index contributed by atoms with van der Waals surface area (Å²) in [6.07, 6.45) is 0. The number of nitrogens with zero attached hydrogens (tertiary/aromatic N) is 1. The van der Waals surface area contributed by atoms with Crippen LogP contribution in [0.4, 0.5) is 5.69 Å². The Morgan fingerprint density at radius 2 is 2.00 bits per heavy atom. The van der Waals surface area contributed by atoms with Crippen molar-refractivity contribution in [3.05, 3.63) is 35.9 Å². The highest BCUT2D eigenvalue weighted by atomic mass is 127. The lowest BCUT2D eigenvalue weighted by Crippen LogP contribution is -1.92. The molecule has 12 heavy (non-hydrogen) atoms. The van der Waals surface area contributed by atoms with Crippen LogP contribution in [0, 0.1) is 13.7 Å². The van der Waals surface area contributed by atoms with Gasteiger partial charge in [-0.25, -0.2) is 0 Å². The molecule has 64 valence electrons. The van der Waals surface area contributed by atoms with Crippen molar-refractivity contribution in [1.82, 2.24) is 0 Å². The molecule has 0 aliphatic heterocycles. The van der Waals surface area contributed by atoms with Crippen molar-refractivity contribution >= 4 is 51.5 Å². The standard InChI is InChI=1S/C6H2Cl2INO2/c7-3-1-4(8)6(10(11)12)5(9)2-3/h1-2H. The smallest absolute Gasteiger partial charge is 0.258 e. The molecule has 0 bridgehead atoms. The van der Waals surface area contributed by atoms with Crippen LogP contribution in [0.2, 0.25) is 10.0 Å². The molecule has 0 radical (unpaired) electrons. The molecule has 0 amide bonds. The Morgan fingerprint density at radius 1 is 1.42 bits per heavy atom. The van der Waals surface area contributed by atoms with Crippen LogP contribution in [-0.2, 0) is 0 Å². The average Bonchev–Trinajstić information content (AvgIpc) is 1.82. The lowest BCUT2D eigenvalue weighted by atomic mass is 10.3. The summed E-state index contributed by atoms with van der Waals surface area (Å²) in [6, 6.07) is 2.84. The van der Waals surface area contributed by atoms with E-state index in [9.17, 15) is 10.1 Å². The van der Waals surface area contributed by atoms with Gasteiger partial charge in [0.25, 0.3) is 0 Å². The third-order valence-electron chi connectivity index (χ3n) is 1.16. The molecular formula is C6H2Cl2INO2. The molecule has 1 rings (SSSR count). The van der Waals surface area contributed by atoms with Crippen molar-refractivity contribution in [2.75, 3.05) is 0 Å². The minimum absolute atomic E-state index is 0.0666. The summed E-state index contributed by atoms with van der Waals surface area (Å²) >= 11 is 13.0. The summed E-state index contributed by atoms with van der Waals surface area (Å²) < 4.78 is 0.440. The Morgan fingerprint density at radius 3 is 2.42 bits per heavy atom. The van der Waals surface area contributed by atoms with Crippen molar-refractivity contribution in [3.8, 4) is 0 Å². The fourth-order valence-corrected chi connectivity index (χ4v) is 2.44. The number of nitro groups is 1. The van der Waals surface area contributed by atoms with Gasteiger partial charge in [0.1, 0.15) is 5.02 Å². The summed E-state index contributed by atoms with van der Waals surface area (Å²) in [6.45, 7) is 0. The van der Waals surface area contributed by atoms with Crippen LogP contribution in [-0.4, -0.2) is 4.92 Å². The van der Waals surface area contributed by atoms with Gasteiger partial charge in [0.2, 0.25) is 0 Å². The van der Waals surface area contributed by atoms with Gasteiger partial charge in [0, 0.05) is 5.02 Å². The molecule has 0 atom stereocenters. The van der Waals surface area contributed by atoms with Gasteiger partial charge in [-0.1, -0.05) is 23.2 Å². The van der Waals surface area contributed by atoms with E-state index in [1.54, 1.807) is 0 Å². The zero-order valence-electron chi connectivity index (χ0n) is 5.55. The molecule has 3 nitrogen and oxygen atoms in total. The van der Waals surface area contributed by atoms with E-state index >= 15 is 0 Å². The maximum Gasteiger partial charge on any atom is 0.301 e. The van der Waals surface area contributed by atoms with Crippen LogP contribution in [0.25, 0.3) is 0 Å². The first-order valence-electron chi connectivity index (χ1n) is 2.81. The Labute approximate surface area is 92.0 Å². The summed E-state index contributed by atoms with van der Waals surface area (Å²) in [4.78, 5) is 9.90. The molecule has 0 heterocycles. The van der Waals surface area contributed by atoms with Gasteiger partial charge in [-0.05, 0) is 34.7 Å². The third kappa shape index (κ3) is 1.99. The van der Waals surface area contributed by atoms with Crippen molar-refractivity contribution in [2.45, 2.75) is 0 Å². The molecule has 0 fully saturated rings. The molecule has 0 unspecified atom stereocenters. The largest absolute Gasteiger partial charge is 0.301 e. The summed E-state index contributed by atoms with van der Waals surface area (Å²) in [5.41, 5.74) is -0.0957. The molecular weight excluding hydrogens is 316 g/mol. The van der Waals surface area contributed by atoms with Crippen LogP contribution < -0.4 is 0 Å². The molecule has 0 N–H and O–H groups in total. The third-order valence-corrected chi connectivity index (χ3v) is 2.49. The first-order chi connectivity index (χ1) is 5.52. The van der Waals surface area contributed by atoms with Crippen molar-refractivity contribution in [3.63, 3.8) is 0 Å².